The normalized spacial score (nSPS) is 11.6. The van der Waals surface area contributed by atoms with Crippen molar-refractivity contribution in [1.82, 2.24) is 5.32 Å². The van der Waals surface area contributed by atoms with E-state index < -0.39 is 0 Å². The number of allylic oxidation sites excluding steroid dienone is 1. The minimum atomic E-state index is -0.191. The highest BCUT2D eigenvalue weighted by atomic mass is 79.9. The molecule has 0 spiro atoms. The topological polar surface area (TPSA) is 12.0 Å². The number of nitrogens with one attached hydrogen (secondary N) is 1. The lowest BCUT2D eigenvalue weighted by molar-refractivity contribution is 0.594. The van der Waals surface area contributed by atoms with Gasteiger partial charge in [0.25, 0.3) is 0 Å². The van der Waals surface area contributed by atoms with Gasteiger partial charge in [-0.05, 0) is 43.1 Å². The zero-order valence-corrected chi connectivity index (χ0v) is 11.9. The second-order valence-corrected chi connectivity index (χ2v) is 5.27. The molecule has 1 N–H and O–H groups in total. The minimum Gasteiger partial charge on any atom is -0.314 e. The van der Waals surface area contributed by atoms with Crippen molar-refractivity contribution in [3.8, 4) is 0 Å². The lowest BCUT2D eigenvalue weighted by atomic mass is 10.1. The van der Waals surface area contributed by atoms with Crippen LogP contribution in [0.25, 0.3) is 0 Å². The van der Waals surface area contributed by atoms with Gasteiger partial charge in [-0.3, -0.25) is 0 Å². The molecule has 1 aromatic rings. The van der Waals surface area contributed by atoms with Crippen LogP contribution in [0.4, 0.5) is 4.39 Å². The van der Waals surface area contributed by atoms with Crippen LogP contribution in [0.1, 0.15) is 25.8 Å². The smallest absolute Gasteiger partial charge is 0.124 e. The number of halogens is 2. The maximum atomic E-state index is 13.1. The molecule has 0 aromatic heterocycles. The maximum absolute atomic E-state index is 13.1. The fraction of sp³-hybridized carbons (Fsp3) is 0.429. The molecule has 0 aliphatic rings. The summed E-state index contributed by atoms with van der Waals surface area (Å²) in [5.41, 5.74) is 0.991. The Hall–Kier alpha value is -0.670. The summed E-state index contributed by atoms with van der Waals surface area (Å²) in [4.78, 5) is 0. The zero-order valence-electron chi connectivity index (χ0n) is 10.3. The SMILES string of the molecule is CC(C)NCCC=CCc1cc(F)cc(Br)c1. The first-order valence-electron chi connectivity index (χ1n) is 5.91. The average Bonchev–Trinajstić information content (AvgIpc) is 2.21. The summed E-state index contributed by atoms with van der Waals surface area (Å²) in [5, 5.41) is 3.34. The van der Waals surface area contributed by atoms with E-state index >= 15 is 0 Å². The van der Waals surface area contributed by atoms with E-state index in [0.717, 1.165) is 29.4 Å². The van der Waals surface area contributed by atoms with E-state index in [-0.39, 0.29) is 5.82 Å². The molecule has 0 saturated carbocycles. The summed E-state index contributed by atoms with van der Waals surface area (Å²) >= 11 is 3.29. The first kappa shape index (κ1) is 14.4. The Morgan fingerprint density at radius 2 is 2.06 bits per heavy atom. The molecule has 0 atom stereocenters. The standard InChI is InChI=1S/C14H19BrFN/c1-11(2)17-7-5-3-4-6-12-8-13(15)10-14(16)9-12/h3-4,8-11,17H,5-7H2,1-2H3. The quantitative estimate of drug-likeness (QED) is 0.617. The van der Waals surface area contributed by atoms with Gasteiger partial charge in [0.15, 0.2) is 0 Å². The first-order valence-corrected chi connectivity index (χ1v) is 6.70. The molecule has 0 fully saturated rings. The van der Waals surface area contributed by atoms with Gasteiger partial charge < -0.3 is 5.32 Å². The first-order chi connectivity index (χ1) is 8.08. The molecule has 0 saturated heterocycles. The number of rotatable bonds is 6. The van der Waals surface area contributed by atoms with Crippen LogP contribution in [0.15, 0.2) is 34.8 Å². The number of hydrogen-bond donors (Lipinski definition) is 1. The minimum absolute atomic E-state index is 0.191. The lowest BCUT2D eigenvalue weighted by Gasteiger charge is -2.04. The molecule has 0 unspecified atom stereocenters. The van der Waals surface area contributed by atoms with Crippen LogP contribution in [-0.2, 0) is 6.42 Å². The lowest BCUT2D eigenvalue weighted by Crippen LogP contribution is -2.23. The Morgan fingerprint density at radius 3 is 2.71 bits per heavy atom. The van der Waals surface area contributed by atoms with Gasteiger partial charge >= 0.3 is 0 Å². The highest BCUT2D eigenvalue weighted by Crippen LogP contribution is 2.15. The number of benzene rings is 1. The van der Waals surface area contributed by atoms with Gasteiger partial charge in [0.2, 0.25) is 0 Å². The van der Waals surface area contributed by atoms with Gasteiger partial charge in [0.05, 0.1) is 0 Å². The molecule has 0 amide bonds. The Kier molecular flexibility index (Phi) is 6.45. The van der Waals surface area contributed by atoms with Crippen LogP contribution in [0, 0.1) is 5.82 Å². The summed E-state index contributed by atoms with van der Waals surface area (Å²) in [6, 6.07) is 5.52. The van der Waals surface area contributed by atoms with Crippen molar-refractivity contribution in [1.29, 1.82) is 0 Å². The van der Waals surface area contributed by atoms with Crippen molar-refractivity contribution < 1.29 is 4.39 Å². The van der Waals surface area contributed by atoms with Crippen molar-refractivity contribution in [2.24, 2.45) is 0 Å². The predicted octanol–water partition coefficient (Wildman–Crippen LogP) is 4.08. The third-order valence-corrected chi connectivity index (χ3v) is 2.76. The third-order valence-electron chi connectivity index (χ3n) is 2.31. The summed E-state index contributed by atoms with van der Waals surface area (Å²) in [7, 11) is 0. The highest BCUT2D eigenvalue weighted by Gasteiger charge is 1.97. The van der Waals surface area contributed by atoms with Crippen LogP contribution >= 0.6 is 15.9 Å². The molecule has 1 nitrogen and oxygen atoms in total. The predicted molar refractivity (Wildman–Crippen MR) is 74.7 cm³/mol. The molecule has 0 aliphatic carbocycles. The van der Waals surface area contributed by atoms with E-state index in [1.807, 2.05) is 6.07 Å². The summed E-state index contributed by atoms with van der Waals surface area (Å²) in [5.74, 6) is -0.191. The molecule has 1 aromatic carbocycles. The van der Waals surface area contributed by atoms with E-state index in [1.165, 1.54) is 6.07 Å². The molecule has 17 heavy (non-hydrogen) atoms. The second kappa shape index (κ2) is 7.62. The van der Waals surface area contributed by atoms with Gasteiger partial charge in [-0.2, -0.15) is 0 Å². The second-order valence-electron chi connectivity index (χ2n) is 4.35. The van der Waals surface area contributed by atoms with E-state index in [0.29, 0.717) is 6.04 Å². The largest absolute Gasteiger partial charge is 0.314 e. The van der Waals surface area contributed by atoms with Gasteiger partial charge in [-0.25, -0.2) is 4.39 Å². The van der Waals surface area contributed by atoms with Crippen LogP contribution < -0.4 is 5.32 Å². The molecule has 0 heterocycles. The Morgan fingerprint density at radius 1 is 1.29 bits per heavy atom. The molecule has 1 rings (SSSR count). The molecular formula is C14H19BrFN. The summed E-state index contributed by atoms with van der Waals surface area (Å²) in [6.07, 6.45) is 6.00. The van der Waals surface area contributed by atoms with E-state index in [1.54, 1.807) is 6.07 Å². The van der Waals surface area contributed by atoms with E-state index in [2.05, 4.69) is 47.2 Å². The van der Waals surface area contributed by atoms with Crippen LogP contribution in [0.2, 0.25) is 0 Å². The molecule has 0 radical (unpaired) electrons. The molecule has 0 bridgehead atoms. The average molecular weight is 300 g/mol. The highest BCUT2D eigenvalue weighted by molar-refractivity contribution is 9.10. The van der Waals surface area contributed by atoms with Crippen molar-refractivity contribution in [2.75, 3.05) is 6.54 Å². The van der Waals surface area contributed by atoms with E-state index in [9.17, 15) is 4.39 Å². The Balaban J connectivity index is 2.32. The van der Waals surface area contributed by atoms with Gasteiger partial charge in [-0.15, -0.1) is 0 Å². The molecular weight excluding hydrogens is 281 g/mol. The fourth-order valence-corrected chi connectivity index (χ4v) is 2.03. The Labute approximate surface area is 111 Å². The van der Waals surface area contributed by atoms with Crippen molar-refractivity contribution in [3.63, 3.8) is 0 Å². The molecule has 0 aliphatic heterocycles. The third kappa shape index (κ3) is 6.59. The zero-order chi connectivity index (χ0) is 12.7. The number of hydrogen-bond acceptors (Lipinski definition) is 1. The van der Waals surface area contributed by atoms with Gasteiger partial charge in [0, 0.05) is 10.5 Å². The van der Waals surface area contributed by atoms with Crippen LogP contribution in [0.3, 0.4) is 0 Å². The van der Waals surface area contributed by atoms with Crippen molar-refractivity contribution >= 4 is 15.9 Å². The van der Waals surface area contributed by atoms with Crippen LogP contribution in [-0.4, -0.2) is 12.6 Å². The fourth-order valence-electron chi connectivity index (χ4n) is 1.52. The van der Waals surface area contributed by atoms with Gasteiger partial charge in [-0.1, -0.05) is 41.9 Å². The van der Waals surface area contributed by atoms with Crippen molar-refractivity contribution in [2.45, 2.75) is 32.7 Å². The van der Waals surface area contributed by atoms with Crippen molar-refractivity contribution in [3.05, 3.63) is 46.2 Å². The summed E-state index contributed by atoms with van der Waals surface area (Å²) < 4.78 is 13.9. The molecule has 3 heteroatoms. The van der Waals surface area contributed by atoms with E-state index in [4.69, 9.17) is 0 Å². The molecule has 94 valence electrons. The van der Waals surface area contributed by atoms with Crippen LogP contribution in [0.5, 0.6) is 0 Å². The maximum Gasteiger partial charge on any atom is 0.124 e. The monoisotopic (exact) mass is 299 g/mol. The van der Waals surface area contributed by atoms with Gasteiger partial charge in [0.1, 0.15) is 5.82 Å². The Bertz CT molecular complexity index is 354. The summed E-state index contributed by atoms with van der Waals surface area (Å²) in [6.45, 7) is 5.25.